The summed E-state index contributed by atoms with van der Waals surface area (Å²) in [5.74, 6) is -0.979. The Bertz CT molecular complexity index is 1170. The highest BCUT2D eigenvalue weighted by Crippen LogP contribution is 2.35. The van der Waals surface area contributed by atoms with Crippen molar-refractivity contribution < 1.29 is 14.1 Å². The third-order valence-corrected chi connectivity index (χ3v) is 6.96. The Morgan fingerprint density at radius 3 is 2.83 bits per heavy atom. The van der Waals surface area contributed by atoms with Gasteiger partial charge < -0.3 is 4.42 Å². The molecule has 148 valence electrons. The molecule has 4 aromatic rings. The minimum atomic E-state index is -0.658. The Morgan fingerprint density at radius 2 is 2.14 bits per heavy atom. The summed E-state index contributed by atoms with van der Waals surface area (Å²) in [5.41, 5.74) is 0.847. The second-order valence-electron chi connectivity index (χ2n) is 5.98. The zero-order valence-electron chi connectivity index (χ0n) is 15.2. The van der Waals surface area contributed by atoms with Gasteiger partial charge in [-0.25, -0.2) is 4.98 Å². The van der Waals surface area contributed by atoms with E-state index in [2.05, 4.69) is 0 Å². The minimum absolute atomic E-state index is 0.0766. The standard InChI is InChI=1S/C19H15N3O4S3/c1-27-14-5-2-6-15-17(14)20-19(29-15)21(10-9-12-4-3-11-28-12)18(23)13-7-8-16(26-13)22(24)25/h2-8,11H,9-10H2,1H3. The molecule has 0 radical (unpaired) electrons. The number of thiophene rings is 1. The van der Waals surface area contributed by atoms with Crippen molar-refractivity contribution in [2.75, 3.05) is 17.7 Å². The fourth-order valence-electron chi connectivity index (χ4n) is 2.83. The Balaban J connectivity index is 1.71. The molecule has 29 heavy (non-hydrogen) atoms. The van der Waals surface area contributed by atoms with E-state index < -0.39 is 16.7 Å². The number of nitro groups is 1. The number of para-hydroxylation sites is 1. The number of nitrogens with zero attached hydrogens (tertiary/aromatic N) is 3. The van der Waals surface area contributed by atoms with Crippen molar-refractivity contribution in [3.8, 4) is 0 Å². The lowest BCUT2D eigenvalue weighted by Gasteiger charge is -2.18. The molecule has 7 nitrogen and oxygen atoms in total. The number of carbonyl (C=O) groups is 1. The van der Waals surface area contributed by atoms with Crippen molar-refractivity contribution >= 4 is 61.6 Å². The minimum Gasteiger partial charge on any atom is -0.395 e. The van der Waals surface area contributed by atoms with E-state index in [0.29, 0.717) is 18.1 Å². The van der Waals surface area contributed by atoms with Crippen LogP contribution in [-0.2, 0) is 6.42 Å². The first-order valence-corrected chi connectivity index (χ1v) is 11.5. The normalized spacial score (nSPS) is 11.1. The molecule has 0 spiro atoms. The summed E-state index contributed by atoms with van der Waals surface area (Å²) in [5, 5.41) is 13.5. The van der Waals surface area contributed by atoms with Crippen LogP contribution in [0.2, 0.25) is 0 Å². The fraction of sp³-hybridized carbons (Fsp3) is 0.158. The molecule has 4 rings (SSSR count). The van der Waals surface area contributed by atoms with E-state index in [1.807, 2.05) is 42.0 Å². The van der Waals surface area contributed by atoms with Gasteiger partial charge in [-0.3, -0.25) is 19.8 Å². The number of furan rings is 1. The largest absolute Gasteiger partial charge is 0.433 e. The molecule has 0 saturated heterocycles. The molecule has 0 unspecified atom stereocenters. The van der Waals surface area contributed by atoms with Crippen molar-refractivity contribution in [1.29, 1.82) is 0 Å². The summed E-state index contributed by atoms with van der Waals surface area (Å²) in [6.07, 6.45) is 2.63. The van der Waals surface area contributed by atoms with E-state index in [1.54, 1.807) is 23.1 Å². The van der Waals surface area contributed by atoms with Crippen LogP contribution in [0.25, 0.3) is 10.2 Å². The smallest absolute Gasteiger partial charge is 0.395 e. The molecular weight excluding hydrogens is 430 g/mol. The first-order valence-electron chi connectivity index (χ1n) is 8.59. The molecule has 0 saturated carbocycles. The van der Waals surface area contributed by atoms with Gasteiger partial charge in [-0.2, -0.15) is 0 Å². The zero-order chi connectivity index (χ0) is 20.4. The highest BCUT2D eigenvalue weighted by atomic mass is 32.2. The summed E-state index contributed by atoms with van der Waals surface area (Å²) in [7, 11) is 0. The highest BCUT2D eigenvalue weighted by Gasteiger charge is 2.26. The van der Waals surface area contributed by atoms with E-state index in [-0.39, 0.29) is 5.76 Å². The van der Waals surface area contributed by atoms with Crippen LogP contribution in [0.5, 0.6) is 0 Å². The second kappa shape index (κ2) is 8.36. The summed E-state index contributed by atoms with van der Waals surface area (Å²) in [4.78, 5) is 31.8. The zero-order valence-corrected chi connectivity index (χ0v) is 17.7. The fourth-order valence-corrected chi connectivity index (χ4v) is 5.17. The molecule has 0 atom stereocenters. The van der Waals surface area contributed by atoms with Crippen molar-refractivity contribution in [2.24, 2.45) is 0 Å². The second-order valence-corrected chi connectivity index (χ2v) is 8.87. The van der Waals surface area contributed by atoms with Gasteiger partial charge in [-0.05, 0) is 42.3 Å². The third kappa shape index (κ3) is 4.04. The molecule has 1 aromatic carbocycles. The van der Waals surface area contributed by atoms with E-state index in [9.17, 15) is 14.9 Å². The number of benzene rings is 1. The van der Waals surface area contributed by atoms with Gasteiger partial charge in [0.05, 0.1) is 16.3 Å². The van der Waals surface area contributed by atoms with Gasteiger partial charge in [0.1, 0.15) is 4.92 Å². The summed E-state index contributed by atoms with van der Waals surface area (Å²) < 4.78 is 6.13. The molecule has 0 N–H and O–H groups in total. The van der Waals surface area contributed by atoms with Crippen LogP contribution in [-0.4, -0.2) is 28.6 Å². The van der Waals surface area contributed by atoms with E-state index >= 15 is 0 Å². The molecular formula is C19H15N3O4S3. The predicted molar refractivity (Wildman–Crippen MR) is 116 cm³/mol. The van der Waals surface area contributed by atoms with Crippen LogP contribution in [0.3, 0.4) is 0 Å². The molecule has 3 heterocycles. The summed E-state index contributed by atoms with van der Waals surface area (Å²) in [6.45, 7) is 0.391. The number of anilines is 1. The Hall–Kier alpha value is -2.69. The van der Waals surface area contributed by atoms with Crippen molar-refractivity contribution in [2.45, 2.75) is 11.3 Å². The van der Waals surface area contributed by atoms with Crippen LogP contribution in [0, 0.1) is 10.1 Å². The average molecular weight is 446 g/mol. The number of carbonyl (C=O) groups excluding carboxylic acids is 1. The average Bonchev–Trinajstić information content (AvgIpc) is 3.46. The van der Waals surface area contributed by atoms with Crippen LogP contribution >= 0.6 is 34.4 Å². The van der Waals surface area contributed by atoms with E-state index in [0.717, 1.165) is 20.0 Å². The lowest BCUT2D eigenvalue weighted by molar-refractivity contribution is -0.402. The summed E-state index contributed by atoms with van der Waals surface area (Å²) >= 11 is 4.63. The number of thioether (sulfide) groups is 1. The van der Waals surface area contributed by atoms with Gasteiger partial charge in [0.2, 0.25) is 0 Å². The predicted octanol–water partition coefficient (Wildman–Crippen LogP) is 5.47. The Morgan fingerprint density at radius 1 is 1.28 bits per heavy atom. The molecule has 10 heteroatoms. The SMILES string of the molecule is CSc1cccc2sc(N(CCc3cccs3)C(=O)c3ccc([N+](=O)[O-])o3)nc12. The number of amides is 1. The number of aromatic nitrogens is 1. The van der Waals surface area contributed by atoms with Gasteiger partial charge in [0, 0.05) is 16.3 Å². The van der Waals surface area contributed by atoms with Crippen LogP contribution < -0.4 is 4.90 Å². The maximum absolute atomic E-state index is 13.1. The maximum Gasteiger partial charge on any atom is 0.433 e. The number of thiazole rings is 1. The lowest BCUT2D eigenvalue weighted by atomic mass is 10.3. The number of rotatable bonds is 7. The highest BCUT2D eigenvalue weighted by molar-refractivity contribution is 7.98. The molecule has 0 aliphatic heterocycles. The van der Waals surface area contributed by atoms with Gasteiger partial charge in [-0.15, -0.1) is 23.1 Å². The monoisotopic (exact) mass is 445 g/mol. The van der Waals surface area contributed by atoms with Gasteiger partial charge in [0.15, 0.2) is 10.9 Å². The van der Waals surface area contributed by atoms with E-state index in [4.69, 9.17) is 9.40 Å². The molecule has 0 aliphatic rings. The molecule has 1 amide bonds. The van der Waals surface area contributed by atoms with Crippen molar-refractivity contribution in [3.05, 3.63) is 68.6 Å². The van der Waals surface area contributed by atoms with Crippen molar-refractivity contribution in [3.63, 3.8) is 0 Å². The van der Waals surface area contributed by atoms with E-state index in [1.165, 1.54) is 28.4 Å². The molecule has 0 aliphatic carbocycles. The van der Waals surface area contributed by atoms with Crippen LogP contribution in [0.15, 0.2) is 57.2 Å². The first kappa shape index (κ1) is 19.6. The topological polar surface area (TPSA) is 89.5 Å². The van der Waals surface area contributed by atoms with Gasteiger partial charge in [-0.1, -0.05) is 23.5 Å². The van der Waals surface area contributed by atoms with Gasteiger partial charge in [0.25, 0.3) is 5.91 Å². The molecule has 0 fully saturated rings. The molecule has 0 bridgehead atoms. The summed E-state index contributed by atoms with van der Waals surface area (Å²) in [6, 6.07) is 12.4. The third-order valence-electron chi connectivity index (χ3n) is 4.21. The van der Waals surface area contributed by atoms with Gasteiger partial charge >= 0.3 is 5.88 Å². The first-order chi connectivity index (χ1) is 14.1. The van der Waals surface area contributed by atoms with Crippen molar-refractivity contribution in [1.82, 2.24) is 4.98 Å². The van der Waals surface area contributed by atoms with Crippen LogP contribution in [0.4, 0.5) is 11.0 Å². The number of hydrogen-bond donors (Lipinski definition) is 0. The van der Waals surface area contributed by atoms with Crippen LogP contribution in [0.1, 0.15) is 15.4 Å². The Labute approximate surface area is 178 Å². The number of hydrogen-bond acceptors (Lipinski definition) is 8. The lowest BCUT2D eigenvalue weighted by Crippen LogP contribution is -2.32. The maximum atomic E-state index is 13.1. The quantitative estimate of drug-likeness (QED) is 0.213. The number of fused-ring (bicyclic) bond motifs is 1. The Kier molecular flexibility index (Phi) is 5.65. The molecule has 3 aromatic heterocycles.